The molecule has 0 heterocycles. The molecule has 0 aromatic heterocycles. The van der Waals surface area contributed by atoms with Crippen molar-refractivity contribution in [1.82, 2.24) is 4.31 Å². The summed E-state index contributed by atoms with van der Waals surface area (Å²) in [5.41, 5.74) is -1.11. The quantitative estimate of drug-likeness (QED) is 0.368. The lowest BCUT2D eigenvalue weighted by Gasteiger charge is -2.14. The van der Waals surface area contributed by atoms with E-state index in [9.17, 15) is 36.5 Å². The number of rotatable bonds is 7. The minimum absolute atomic E-state index is 0.0376. The molecule has 31 heavy (non-hydrogen) atoms. The van der Waals surface area contributed by atoms with Crippen LogP contribution in [0, 0.1) is 17.0 Å². The monoisotopic (exact) mass is 477 g/mol. The Hall–Kier alpha value is -2.64. The molecular weight excluding hydrogens is 459 g/mol. The molecule has 0 unspecified atom stereocenters. The lowest BCUT2D eigenvalue weighted by molar-refractivity contribution is -0.388. The van der Waals surface area contributed by atoms with Crippen molar-refractivity contribution in [2.45, 2.75) is 22.9 Å². The van der Waals surface area contributed by atoms with Gasteiger partial charge in [0.25, 0.3) is 5.69 Å². The maximum atomic E-state index is 12.8. The standard InChI is InChI=1S/C18H18F3N3O5S2/c1-11-4-6-13(31(28,29)23(2)3)9-14(11)22-17(25)10-30-16-7-5-12(18(19,20)21)8-15(16)24(26)27/h4-9H,10H2,1-3H3,(H,22,25). The zero-order chi connectivity index (χ0) is 23.6. The summed E-state index contributed by atoms with van der Waals surface area (Å²) in [6, 6.07) is 6.25. The fraction of sp³-hybridized carbons (Fsp3) is 0.278. The average Bonchev–Trinajstić information content (AvgIpc) is 2.66. The molecule has 0 saturated carbocycles. The van der Waals surface area contributed by atoms with Gasteiger partial charge < -0.3 is 5.32 Å². The van der Waals surface area contributed by atoms with Gasteiger partial charge in [-0.2, -0.15) is 13.2 Å². The fourth-order valence-corrected chi connectivity index (χ4v) is 4.13. The Morgan fingerprint density at radius 1 is 1.19 bits per heavy atom. The van der Waals surface area contributed by atoms with Gasteiger partial charge in [-0.05, 0) is 36.8 Å². The van der Waals surface area contributed by atoms with E-state index in [0.717, 1.165) is 10.4 Å². The van der Waals surface area contributed by atoms with Gasteiger partial charge in [-0.3, -0.25) is 14.9 Å². The summed E-state index contributed by atoms with van der Waals surface area (Å²) in [6.45, 7) is 1.65. The van der Waals surface area contributed by atoms with Gasteiger partial charge in [-0.15, -0.1) is 11.8 Å². The van der Waals surface area contributed by atoms with E-state index in [0.29, 0.717) is 29.5 Å². The van der Waals surface area contributed by atoms with Gasteiger partial charge in [0.15, 0.2) is 0 Å². The zero-order valence-corrected chi connectivity index (χ0v) is 18.2. The van der Waals surface area contributed by atoms with Crippen LogP contribution < -0.4 is 5.32 Å². The van der Waals surface area contributed by atoms with Crippen LogP contribution >= 0.6 is 11.8 Å². The molecule has 0 saturated heterocycles. The van der Waals surface area contributed by atoms with E-state index in [-0.39, 0.29) is 21.2 Å². The summed E-state index contributed by atoms with van der Waals surface area (Å²) >= 11 is 0.695. The maximum Gasteiger partial charge on any atom is 0.416 e. The summed E-state index contributed by atoms with van der Waals surface area (Å²) in [4.78, 5) is 22.3. The lowest BCUT2D eigenvalue weighted by atomic mass is 10.2. The second-order valence-corrected chi connectivity index (χ2v) is 9.71. The van der Waals surface area contributed by atoms with Crippen LogP contribution in [0.2, 0.25) is 0 Å². The molecule has 0 atom stereocenters. The Morgan fingerprint density at radius 2 is 1.84 bits per heavy atom. The second-order valence-electron chi connectivity index (χ2n) is 6.54. The van der Waals surface area contributed by atoms with Crippen LogP contribution in [0.5, 0.6) is 0 Å². The molecule has 0 fully saturated rings. The summed E-state index contributed by atoms with van der Waals surface area (Å²) in [7, 11) is -1.00. The number of aryl methyl sites for hydroxylation is 1. The SMILES string of the molecule is Cc1ccc(S(=O)(=O)N(C)C)cc1NC(=O)CSc1ccc(C(F)(F)F)cc1[N+](=O)[O-]. The molecule has 0 bridgehead atoms. The largest absolute Gasteiger partial charge is 0.416 e. The molecule has 168 valence electrons. The van der Waals surface area contributed by atoms with E-state index in [1.807, 2.05) is 0 Å². The van der Waals surface area contributed by atoms with E-state index < -0.39 is 38.3 Å². The molecule has 0 aliphatic heterocycles. The van der Waals surface area contributed by atoms with Crippen molar-refractivity contribution in [3.63, 3.8) is 0 Å². The topological polar surface area (TPSA) is 110 Å². The number of amides is 1. The van der Waals surface area contributed by atoms with Crippen molar-refractivity contribution in [1.29, 1.82) is 0 Å². The number of anilines is 1. The number of nitro groups is 1. The number of halogens is 3. The Balaban J connectivity index is 2.19. The molecule has 2 aromatic rings. The van der Waals surface area contributed by atoms with Gasteiger partial charge >= 0.3 is 6.18 Å². The molecule has 0 aliphatic carbocycles. The first-order valence-corrected chi connectivity index (χ1v) is 11.0. The third-order valence-corrected chi connectivity index (χ3v) is 6.98. The number of carbonyl (C=O) groups is 1. The Morgan fingerprint density at radius 3 is 2.39 bits per heavy atom. The Bertz CT molecular complexity index is 1120. The van der Waals surface area contributed by atoms with Gasteiger partial charge in [0.2, 0.25) is 15.9 Å². The van der Waals surface area contributed by atoms with E-state index >= 15 is 0 Å². The van der Waals surface area contributed by atoms with E-state index in [4.69, 9.17) is 0 Å². The highest BCUT2D eigenvalue weighted by molar-refractivity contribution is 8.00. The van der Waals surface area contributed by atoms with Crippen LogP contribution in [0.4, 0.5) is 24.5 Å². The van der Waals surface area contributed by atoms with Crippen LogP contribution in [0.1, 0.15) is 11.1 Å². The van der Waals surface area contributed by atoms with Crippen molar-refractivity contribution in [3.8, 4) is 0 Å². The Labute approximate surface area is 180 Å². The molecule has 13 heteroatoms. The number of thioether (sulfide) groups is 1. The summed E-state index contributed by atoms with van der Waals surface area (Å²) in [5.74, 6) is -0.947. The van der Waals surface area contributed by atoms with E-state index in [2.05, 4.69) is 5.32 Å². The van der Waals surface area contributed by atoms with Crippen LogP contribution in [-0.2, 0) is 21.0 Å². The predicted molar refractivity (Wildman–Crippen MR) is 110 cm³/mol. The molecule has 2 rings (SSSR count). The number of nitrogens with one attached hydrogen (secondary N) is 1. The average molecular weight is 477 g/mol. The number of hydrogen-bond acceptors (Lipinski definition) is 6. The first kappa shape index (κ1) is 24.6. The number of sulfonamides is 1. The van der Waals surface area contributed by atoms with Crippen LogP contribution in [-0.4, -0.2) is 43.4 Å². The molecule has 0 aliphatic rings. The molecule has 2 aromatic carbocycles. The van der Waals surface area contributed by atoms with Crippen LogP contribution in [0.15, 0.2) is 46.2 Å². The highest BCUT2D eigenvalue weighted by Gasteiger charge is 2.33. The molecule has 1 amide bonds. The molecule has 0 spiro atoms. The summed E-state index contributed by atoms with van der Waals surface area (Å²) in [6.07, 6.45) is -4.74. The first-order chi connectivity index (χ1) is 14.2. The molecule has 1 N–H and O–H groups in total. The normalized spacial score (nSPS) is 12.1. The van der Waals surface area contributed by atoms with Crippen molar-refractivity contribution >= 4 is 39.1 Å². The summed E-state index contributed by atoms with van der Waals surface area (Å²) < 4.78 is 63.9. The smallest absolute Gasteiger partial charge is 0.325 e. The fourth-order valence-electron chi connectivity index (χ4n) is 2.40. The van der Waals surface area contributed by atoms with Gasteiger partial charge in [-0.25, -0.2) is 12.7 Å². The number of benzene rings is 2. The van der Waals surface area contributed by atoms with Crippen molar-refractivity contribution in [3.05, 3.63) is 57.6 Å². The Kier molecular flexibility index (Phi) is 7.34. The lowest BCUT2D eigenvalue weighted by Crippen LogP contribution is -2.22. The second kappa shape index (κ2) is 9.24. The van der Waals surface area contributed by atoms with Crippen LogP contribution in [0.25, 0.3) is 0 Å². The predicted octanol–water partition coefficient (Wildman–Crippen LogP) is 3.90. The minimum atomic E-state index is -4.74. The highest BCUT2D eigenvalue weighted by Crippen LogP contribution is 2.36. The van der Waals surface area contributed by atoms with Crippen molar-refractivity contribution < 1.29 is 31.3 Å². The first-order valence-electron chi connectivity index (χ1n) is 8.55. The van der Waals surface area contributed by atoms with E-state index in [1.165, 1.54) is 32.3 Å². The number of nitro benzene ring substituents is 1. The molecule has 0 radical (unpaired) electrons. The van der Waals surface area contributed by atoms with Crippen LogP contribution in [0.3, 0.4) is 0 Å². The van der Waals surface area contributed by atoms with Gasteiger partial charge in [0.1, 0.15) is 0 Å². The maximum absolute atomic E-state index is 12.8. The molecular formula is C18H18F3N3O5S2. The molecule has 8 nitrogen and oxygen atoms in total. The third kappa shape index (κ3) is 5.95. The van der Waals surface area contributed by atoms with Gasteiger partial charge in [0, 0.05) is 25.8 Å². The van der Waals surface area contributed by atoms with Crippen molar-refractivity contribution in [2.24, 2.45) is 0 Å². The highest BCUT2D eigenvalue weighted by atomic mass is 32.2. The van der Waals surface area contributed by atoms with Crippen molar-refractivity contribution in [2.75, 3.05) is 25.2 Å². The zero-order valence-electron chi connectivity index (χ0n) is 16.6. The van der Waals surface area contributed by atoms with Gasteiger partial charge in [0.05, 0.1) is 26.0 Å². The van der Waals surface area contributed by atoms with Gasteiger partial charge in [-0.1, -0.05) is 6.07 Å². The number of nitrogens with zero attached hydrogens (tertiary/aromatic N) is 2. The van der Waals surface area contributed by atoms with E-state index in [1.54, 1.807) is 6.92 Å². The third-order valence-electron chi connectivity index (χ3n) is 4.10. The number of alkyl halides is 3. The number of carbonyl (C=O) groups excluding carboxylic acids is 1. The number of hydrogen-bond donors (Lipinski definition) is 1. The minimum Gasteiger partial charge on any atom is -0.325 e. The summed E-state index contributed by atoms with van der Waals surface area (Å²) in [5, 5.41) is 13.7.